The molecule has 1 atom stereocenters. The van der Waals surface area contributed by atoms with E-state index in [-0.39, 0.29) is 18.0 Å². The van der Waals surface area contributed by atoms with Gasteiger partial charge in [-0.2, -0.15) is 0 Å². The van der Waals surface area contributed by atoms with E-state index in [9.17, 15) is 4.79 Å². The number of hydrogen-bond acceptors (Lipinski definition) is 5. The molecular weight excluding hydrogens is 330 g/mol. The number of nitrogens with zero attached hydrogens (tertiary/aromatic N) is 6. The summed E-state index contributed by atoms with van der Waals surface area (Å²) < 4.78 is 1.96. The van der Waals surface area contributed by atoms with Crippen LogP contribution in [0.4, 0.5) is 10.7 Å². The van der Waals surface area contributed by atoms with Crippen molar-refractivity contribution in [3.63, 3.8) is 0 Å². The first-order chi connectivity index (χ1) is 12.6. The van der Waals surface area contributed by atoms with Crippen LogP contribution in [0.15, 0.2) is 30.9 Å². The average molecular weight is 357 g/mol. The van der Waals surface area contributed by atoms with E-state index in [0.29, 0.717) is 6.54 Å². The van der Waals surface area contributed by atoms with E-state index in [2.05, 4.69) is 39.0 Å². The second-order valence-corrected chi connectivity index (χ2v) is 6.94. The van der Waals surface area contributed by atoms with Gasteiger partial charge in [0.2, 0.25) is 5.95 Å². The maximum Gasteiger partial charge on any atom is 0.318 e. The van der Waals surface area contributed by atoms with Crippen LogP contribution in [0.3, 0.4) is 0 Å². The molecule has 0 aromatic carbocycles. The number of aryl methyl sites for hydroxylation is 1. The minimum atomic E-state index is -0.112. The molecule has 26 heavy (non-hydrogen) atoms. The van der Waals surface area contributed by atoms with Gasteiger partial charge in [-0.25, -0.2) is 19.7 Å². The van der Waals surface area contributed by atoms with Crippen LogP contribution < -0.4 is 10.2 Å². The summed E-state index contributed by atoms with van der Waals surface area (Å²) in [5.74, 6) is 1.85. The van der Waals surface area contributed by atoms with Crippen molar-refractivity contribution in [3.8, 4) is 0 Å². The molecule has 2 amide bonds. The summed E-state index contributed by atoms with van der Waals surface area (Å²) in [7, 11) is 1.95. The number of carbonyl (C=O) groups excluding carboxylic acids is 1. The zero-order valence-corrected chi connectivity index (χ0v) is 15.7. The van der Waals surface area contributed by atoms with Crippen LogP contribution in [0.2, 0.25) is 0 Å². The molecule has 2 aromatic rings. The minimum absolute atomic E-state index is 0.0393. The molecular formula is C18H27N7O. The number of anilines is 1. The lowest BCUT2D eigenvalue weighted by Gasteiger charge is -2.27. The molecule has 0 aliphatic carbocycles. The van der Waals surface area contributed by atoms with E-state index in [0.717, 1.165) is 37.8 Å². The standard InChI is InChI=1S/C18H27N7O/c1-14(2)15(16-19-8-11-23(16)3)22-18(26)25-10-5-9-24(12-13-25)17-20-6-4-7-21-17/h4,6-8,11,14-15H,5,9-10,12-13H2,1-3H3,(H,22,26)/t15-/m1/s1. The Kier molecular flexibility index (Phi) is 5.70. The number of imidazole rings is 1. The van der Waals surface area contributed by atoms with E-state index in [1.807, 2.05) is 28.8 Å². The third-order valence-electron chi connectivity index (χ3n) is 4.70. The quantitative estimate of drug-likeness (QED) is 0.903. The van der Waals surface area contributed by atoms with Crippen LogP contribution in [-0.2, 0) is 7.05 Å². The highest BCUT2D eigenvalue weighted by molar-refractivity contribution is 5.74. The fourth-order valence-electron chi connectivity index (χ4n) is 3.21. The van der Waals surface area contributed by atoms with Gasteiger partial charge in [0.25, 0.3) is 0 Å². The van der Waals surface area contributed by atoms with Crippen LogP contribution >= 0.6 is 0 Å². The molecule has 8 nitrogen and oxygen atoms in total. The Bertz CT molecular complexity index is 715. The fraction of sp³-hybridized carbons (Fsp3) is 0.556. The summed E-state index contributed by atoms with van der Waals surface area (Å²) in [6, 6.07) is 1.66. The fourth-order valence-corrected chi connectivity index (χ4v) is 3.21. The van der Waals surface area contributed by atoms with Gasteiger partial charge in [-0.15, -0.1) is 0 Å². The normalized spacial score (nSPS) is 16.5. The van der Waals surface area contributed by atoms with Crippen LogP contribution in [0, 0.1) is 5.92 Å². The lowest BCUT2D eigenvalue weighted by Crippen LogP contribution is -2.45. The summed E-state index contributed by atoms with van der Waals surface area (Å²) >= 11 is 0. The van der Waals surface area contributed by atoms with Gasteiger partial charge in [0.15, 0.2) is 0 Å². The molecule has 1 saturated heterocycles. The van der Waals surface area contributed by atoms with Crippen LogP contribution in [-0.4, -0.2) is 56.6 Å². The maximum atomic E-state index is 12.8. The molecule has 0 spiro atoms. The monoisotopic (exact) mass is 357 g/mol. The number of nitrogens with one attached hydrogen (secondary N) is 1. The second-order valence-electron chi connectivity index (χ2n) is 6.94. The van der Waals surface area contributed by atoms with Crippen molar-refractivity contribution in [2.45, 2.75) is 26.3 Å². The largest absolute Gasteiger partial charge is 0.339 e. The van der Waals surface area contributed by atoms with Gasteiger partial charge in [0, 0.05) is 58.0 Å². The van der Waals surface area contributed by atoms with Crippen molar-refractivity contribution in [2.75, 3.05) is 31.1 Å². The van der Waals surface area contributed by atoms with Crippen molar-refractivity contribution in [3.05, 3.63) is 36.7 Å². The lowest BCUT2D eigenvalue weighted by molar-refractivity contribution is 0.192. The van der Waals surface area contributed by atoms with Gasteiger partial charge in [-0.3, -0.25) is 0 Å². The first-order valence-electron chi connectivity index (χ1n) is 9.11. The van der Waals surface area contributed by atoms with Crippen molar-refractivity contribution in [1.82, 2.24) is 29.7 Å². The maximum absolute atomic E-state index is 12.8. The Morgan fingerprint density at radius 1 is 1.08 bits per heavy atom. The molecule has 3 rings (SSSR count). The van der Waals surface area contributed by atoms with Crippen molar-refractivity contribution >= 4 is 12.0 Å². The van der Waals surface area contributed by atoms with E-state index >= 15 is 0 Å². The topological polar surface area (TPSA) is 79.2 Å². The molecule has 1 fully saturated rings. The minimum Gasteiger partial charge on any atom is -0.339 e. The number of carbonyl (C=O) groups is 1. The summed E-state index contributed by atoms with van der Waals surface area (Å²) in [6.45, 7) is 7.13. The van der Waals surface area contributed by atoms with Gasteiger partial charge in [0.1, 0.15) is 5.82 Å². The SMILES string of the molecule is CC(C)[C@@H](NC(=O)N1CCCN(c2ncccn2)CC1)c1nccn1C. The molecule has 1 N–H and O–H groups in total. The molecule has 0 saturated carbocycles. The summed E-state index contributed by atoms with van der Waals surface area (Å²) in [5.41, 5.74) is 0. The first-order valence-corrected chi connectivity index (χ1v) is 9.11. The number of rotatable bonds is 4. The summed E-state index contributed by atoms with van der Waals surface area (Å²) in [4.78, 5) is 29.9. The highest BCUT2D eigenvalue weighted by Gasteiger charge is 2.26. The predicted octanol–water partition coefficient (Wildman–Crippen LogP) is 1.83. The highest BCUT2D eigenvalue weighted by atomic mass is 16.2. The lowest BCUT2D eigenvalue weighted by atomic mass is 10.0. The van der Waals surface area contributed by atoms with Gasteiger partial charge in [-0.05, 0) is 18.4 Å². The Morgan fingerprint density at radius 2 is 1.85 bits per heavy atom. The number of hydrogen-bond donors (Lipinski definition) is 1. The molecule has 2 aromatic heterocycles. The Labute approximate surface area is 154 Å². The smallest absolute Gasteiger partial charge is 0.318 e. The number of aromatic nitrogens is 4. The zero-order valence-electron chi connectivity index (χ0n) is 15.7. The van der Waals surface area contributed by atoms with Crippen LogP contribution in [0.1, 0.15) is 32.1 Å². The first kappa shape index (κ1) is 18.2. The van der Waals surface area contributed by atoms with Crippen LogP contribution in [0.25, 0.3) is 0 Å². The van der Waals surface area contributed by atoms with Crippen molar-refractivity contribution < 1.29 is 4.79 Å². The Morgan fingerprint density at radius 3 is 2.50 bits per heavy atom. The number of amides is 2. The Balaban J connectivity index is 1.63. The van der Waals surface area contributed by atoms with E-state index < -0.39 is 0 Å². The van der Waals surface area contributed by atoms with E-state index in [1.54, 1.807) is 18.6 Å². The molecule has 1 aliphatic heterocycles. The van der Waals surface area contributed by atoms with E-state index in [1.165, 1.54) is 0 Å². The summed E-state index contributed by atoms with van der Waals surface area (Å²) in [5, 5.41) is 3.17. The molecule has 0 bridgehead atoms. The summed E-state index contributed by atoms with van der Waals surface area (Å²) in [6.07, 6.45) is 8.05. The molecule has 0 unspecified atom stereocenters. The Hall–Kier alpha value is -2.64. The van der Waals surface area contributed by atoms with Crippen molar-refractivity contribution in [1.29, 1.82) is 0 Å². The molecule has 1 aliphatic rings. The third-order valence-corrected chi connectivity index (χ3v) is 4.70. The van der Waals surface area contributed by atoms with Gasteiger partial charge < -0.3 is 19.7 Å². The molecule has 0 radical (unpaired) electrons. The number of urea groups is 1. The van der Waals surface area contributed by atoms with Crippen molar-refractivity contribution in [2.24, 2.45) is 13.0 Å². The average Bonchev–Trinajstić information content (AvgIpc) is 2.91. The van der Waals surface area contributed by atoms with E-state index in [4.69, 9.17) is 0 Å². The third kappa shape index (κ3) is 4.12. The van der Waals surface area contributed by atoms with Gasteiger partial charge >= 0.3 is 6.03 Å². The predicted molar refractivity (Wildman–Crippen MR) is 99.8 cm³/mol. The molecule has 140 valence electrons. The molecule has 8 heteroatoms. The second kappa shape index (κ2) is 8.16. The highest BCUT2D eigenvalue weighted by Crippen LogP contribution is 2.20. The molecule has 3 heterocycles. The van der Waals surface area contributed by atoms with Crippen LogP contribution in [0.5, 0.6) is 0 Å². The van der Waals surface area contributed by atoms with Gasteiger partial charge in [0.05, 0.1) is 6.04 Å². The zero-order chi connectivity index (χ0) is 18.5. The van der Waals surface area contributed by atoms with Gasteiger partial charge in [-0.1, -0.05) is 13.8 Å².